The van der Waals surface area contributed by atoms with Crippen molar-refractivity contribution in [3.05, 3.63) is 0 Å². The van der Waals surface area contributed by atoms with E-state index < -0.39 is 5.97 Å². The molecular formula is C10H18O3. The Morgan fingerprint density at radius 3 is 2.00 bits per heavy atom. The number of carbonyl (C=O) groups is 2. The first-order chi connectivity index (χ1) is 6.16. The molecule has 0 aromatic rings. The Bertz CT molecular complexity index is 164. The zero-order valence-corrected chi connectivity index (χ0v) is 8.21. The van der Waals surface area contributed by atoms with Crippen LogP contribution < -0.4 is 0 Å². The predicted octanol–water partition coefficient (Wildman–Crippen LogP) is 2.39. The molecule has 76 valence electrons. The van der Waals surface area contributed by atoms with E-state index in [1.807, 2.05) is 6.92 Å². The lowest BCUT2D eigenvalue weighted by Crippen LogP contribution is -1.96. The van der Waals surface area contributed by atoms with Crippen molar-refractivity contribution in [2.45, 2.75) is 51.9 Å². The van der Waals surface area contributed by atoms with E-state index in [9.17, 15) is 9.59 Å². The summed E-state index contributed by atoms with van der Waals surface area (Å²) in [6, 6.07) is 0. The van der Waals surface area contributed by atoms with Gasteiger partial charge in [-0.15, -0.1) is 0 Å². The van der Waals surface area contributed by atoms with Crippen molar-refractivity contribution in [3.63, 3.8) is 0 Å². The molecule has 3 nitrogen and oxygen atoms in total. The van der Waals surface area contributed by atoms with Gasteiger partial charge in [-0.1, -0.05) is 19.8 Å². The molecule has 0 saturated carbocycles. The number of hydrogen-bond acceptors (Lipinski definition) is 2. The maximum Gasteiger partial charge on any atom is 0.303 e. The minimum absolute atomic E-state index is 0.252. The Morgan fingerprint density at radius 2 is 1.54 bits per heavy atom. The highest BCUT2D eigenvalue weighted by molar-refractivity contribution is 5.77. The molecule has 0 amide bonds. The molecule has 0 aliphatic heterocycles. The van der Waals surface area contributed by atoms with E-state index in [1.165, 1.54) is 0 Å². The third kappa shape index (κ3) is 9.05. The molecule has 0 aromatic heterocycles. The van der Waals surface area contributed by atoms with E-state index in [0.29, 0.717) is 18.6 Å². The molecule has 13 heavy (non-hydrogen) atoms. The van der Waals surface area contributed by atoms with E-state index in [2.05, 4.69) is 0 Å². The van der Waals surface area contributed by atoms with Crippen LogP contribution in [-0.4, -0.2) is 16.9 Å². The number of carboxylic acid groups (broad SMARTS) is 1. The van der Waals surface area contributed by atoms with Crippen LogP contribution in [0.5, 0.6) is 0 Å². The van der Waals surface area contributed by atoms with Crippen LogP contribution in [0.2, 0.25) is 0 Å². The van der Waals surface area contributed by atoms with Crippen LogP contribution in [0.4, 0.5) is 0 Å². The Hall–Kier alpha value is -0.860. The van der Waals surface area contributed by atoms with Gasteiger partial charge < -0.3 is 5.11 Å². The minimum Gasteiger partial charge on any atom is -0.481 e. The number of carbonyl (C=O) groups excluding carboxylic acids is 1. The molecular weight excluding hydrogens is 168 g/mol. The summed E-state index contributed by atoms with van der Waals surface area (Å²) in [4.78, 5) is 21.0. The van der Waals surface area contributed by atoms with E-state index in [-0.39, 0.29) is 6.42 Å². The Labute approximate surface area is 79.1 Å². The lowest BCUT2D eigenvalue weighted by Gasteiger charge is -1.98. The topological polar surface area (TPSA) is 54.4 Å². The lowest BCUT2D eigenvalue weighted by atomic mass is 10.1. The van der Waals surface area contributed by atoms with Gasteiger partial charge >= 0.3 is 5.97 Å². The minimum atomic E-state index is -0.732. The first kappa shape index (κ1) is 12.1. The van der Waals surface area contributed by atoms with Crippen LogP contribution >= 0.6 is 0 Å². The van der Waals surface area contributed by atoms with Gasteiger partial charge in [0.15, 0.2) is 0 Å². The molecule has 0 aliphatic rings. The summed E-state index contributed by atoms with van der Waals surface area (Å²) in [5, 5.41) is 8.34. The molecule has 0 aliphatic carbocycles. The molecule has 0 unspecified atom stereocenters. The van der Waals surface area contributed by atoms with Gasteiger partial charge in [-0.2, -0.15) is 0 Å². The van der Waals surface area contributed by atoms with Crippen LogP contribution in [-0.2, 0) is 9.59 Å². The van der Waals surface area contributed by atoms with Crippen molar-refractivity contribution in [2.75, 3.05) is 0 Å². The monoisotopic (exact) mass is 186 g/mol. The zero-order chi connectivity index (χ0) is 10.1. The summed E-state index contributed by atoms with van der Waals surface area (Å²) in [7, 11) is 0. The van der Waals surface area contributed by atoms with Gasteiger partial charge in [0.25, 0.3) is 0 Å². The van der Waals surface area contributed by atoms with Crippen molar-refractivity contribution >= 4 is 11.8 Å². The lowest BCUT2D eigenvalue weighted by molar-refractivity contribution is -0.137. The van der Waals surface area contributed by atoms with Crippen molar-refractivity contribution in [1.29, 1.82) is 0 Å². The summed E-state index contributed by atoms with van der Waals surface area (Å²) in [5.74, 6) is -0.428. The number of unbranched alkanes of at least 4 members (excludes halogenated alkanes) is 3. The zero-order valence-electron chi connectivity index (χ0n) is 8.21. The number of hydrogen-bond donors (Lipinski definition) is 1. The molecule has 3 heteroatoms. The molecule has 0 atom stereocenters. The van der Waals surface area contributed by atoms with Gasteiger partial charge in [-0.25, -0.2) is 0 Å². The van der Waals surface area contributed by atoms with Crippen LogP contribution in [0.1, 0.15) is 51.9 Å². The number of carboxylic acids is 1. The van der Waals surface area contributed by atoms with Gasteiger partial charge in [0.2, 0.25) is 0 Å². The average Bonchev–Trinajstić information content (AvgIpc) is 2.10. The second-order valence-electron chi connectivity index (χ2n) is 3.20. The van der Waals surface area contributed by atoms with E-state index >= 15 is 0 Å². The van der Waals surface area contributed by atoms with Gasteiger partial charge in [-0.3, -0.25) is 9.59 Å². The van der Waals surface area contributed by atoms with Crippen molar-refractivity contribution < 1.29 is 14.7 Å². The smallest absolute Gasteiger partial charge is 0.303 e. The van der Waals surface area contributed by atoms with Crippen LogP contribution in [0.25, 0.3) is 0 Å². The van der Waals surface area contributed by atoms with Crippen molar-refractivity contribution in [1.82, 2.24) is 0 Å². The molecule has 0 fully saturated rings. The highest BCUT2D eigenvalue weighted by Gasteiger charge is 1.99. The SMILES string of the molecule is CCC(=O)CCCCCCC(=O)O. The number of rotatable bonds is 8. The highest BCUT2D eigenvalue weighted by atomic mass is 16.4. The first-order valence-corrected chi connectivity index (χ1v) is 4.90. The van der Waals surface area contributed by atoms with E-state index in [0.717, 1.165) is 25.7 Å². The normalized spacial score (nSPS) is 9.92. The summed E-state index contributed by atoms with van der Waals surface area (Å²) in [6.07, 6.45) is 5.06. The van der Waals surface area contributed by atoms with Gasteiger partial charge in [0, 0.05) is 19.3 Å². The molecule has 0 saturated heterocycles. The van der Waals surface area contributed by atoms with Gasteiger partial charge in [0.1, 0.15) is 5.78 Å². The summed E-state index contributed by atoms with van der Waals surface area (Å²) >= 11 is 0. The molecule has 0 rings (SSSR count). The summed E-state index contributed by atoms with van der Waals surface area (Å²) in [5.41, 5.74) is 0. The Morgan fingerprint density at radius 1 is 1.00 bits per heavy atom. The van der Waals surface area contributed by atoms with Crippen LogP contribution in [0.3, 0.4) is 0 Å². The van der Waals surface area contributed by atoms with Crippen molar-refractivity contribution in [2.24, 2.45) is 0 Å². The second-order valence-corrected chi connectivity index (χ2v) is 3.20. The quantitative estimate of drug-likeness (QED) is 0.592. The molecule has 0 aromatic carbocycles. The maximum atomic E-state index is 10.9. The standard InChI is InChI=1S/C10H18O3/c1-2-9(11)7-5-3-4-6-8-10(12)13/h2-8H2,1H3,(H,12,13). The fraction of sp³-hybridized carbons (Fsp3) is 0.800. The largest absolute Gasteiger partial charge is 0.481 e. The van der Waals surface area contributed by atoms with Gasteiger partial charge in [-0.05, 0) is 12.8 Å². The fourth-order valence-corrected chi connectivity index (χ4v) is 1.13. The summed E-state index contributed by atoms with van der Waals surface area (Å²) < 4.78 is 0. The molecule has 0 heterocycles. The third-order valence-corrected chi connectivity index (χ3v) is 1.99. The molecule has 0 radical (unpaired) electrons. The Kier molecular flexibility index (Phi) is 7.26. The van der Waals surface area contributed by atoms with Crippen LogP contribution in [0.15, 0.2) is 0 Å². The van der Waals surface area contributed by atoms with E-state index in [4.69, 9.17) is 5.11 Å². The molecule has 0 bridgehead atoms. The molecule has 1 N–H and O–H groups in total. The highest BCUT2D eigenvalue weighted by Crippen LogP contribution is 2.06. The second kappa shape index (κ2) is 7.77. The molecule has 0 spiro atoms. The number of ketones is 1. The number of aliphatic carboxylic acids is 1. The Balaban J connectivity index is 3.08. The third-order valence-electron chi connectivity index (χ3n) is 1.99. The predicted molar refractivity (Wildman–Crippen MR) is 50.6 cm³/mol. The van der Waals surface area contributed by atoms with Crippen molar-refractivity contribution in [3.8, 4) is 0 Å². The van der Waals surface area contributed by atoms with E-state index in [1.54, 1.807) is 0 Å². The van der Waals surface area contributed by atoms with Crippen LogP contribution in [0, 0.1) is 0 Å². The van der Waals surface area contributed by atoms with Gasteiger partial charge in [0.05, 0.1) is 0 Å². The average molecular weight is 186 g/mol. The summed E-state index contributed by atoms with van der Waals surface area (Å²) in [6.45, 7) is 1.87. The fourth-order valence-electron chi connectivity index (χ4n) is 1.13. The first-order valence-electron chi connectivity index (χ1n) is 4.90. The number of Topliss-reactive ketones (excluding diaryl/α,β-unsaturated/α-hetero) is 1. The maximum absolute atomic E-state index is 10.9.